The van der Waals surface area contributed by atoms with E-state index in [4.69, 9.17) is 0 Å². The molecule has 0 aromatic rings. The maximum atomic E-state index is 14.3. The zero-order valence-corrected chi connectivity index (χ0v) is 29.9. The summed E-state index contributed by atoms with van der Waals surface area (Å²) >= 11 is 0. The van der Waals surface area contributed by atoms with E-state index in [2.05, 4.69) is 58.8 Å². The van der Waals surface area contributed by atoms with Crippen LogP contribution in [0.2, 0.25) is 0 Å². The normalized spacial score (nSPS) is 39.0. The predicted molar refractivity (Wildman–Crippen MR) is 182 cm³/mol. The molecular formula is C39H66N2O4. The molecule has 0 aliphatic heterocycles. The second-order valence-electron chi connectivity index (χ2n) is 17.0. The van der Waals surface area contributed by atoms with E-state index < -0.39 is 5.97 Å². The highest BCUT2D eigenvalue weighted by molar-refractivity contribution is 5.83. The second-order valence-corrected chi connectivity index (χ2v) is 17.0. The van der Waals surface area contributed by atoms with Gasteiger partial charge in [-0.25, -0.2) is 0 Å². The Morgan fingerprint density at radius 2 is 1.47 bits per heavy atom. The first kappa shape index (κ1) is 36.0. The lowest BCUT2D eigenvalue weighted by molar-refractivity contribution is -0.218. The van der Waals surface area contributed by atoms with Gasteiger partial charge in [-0.1, -0.05) is 66.0 Å². The van der Waals surface area contributed by atoms with E-state index in [1.54, 1.807) is 6.92 Å². The minimum Gasteiger partial charge on any atom is -0.481 e. The molecule has 0 unspecified atom stereocenters. The van der Waals surface area contributed by atoms with Crippen molar-refractivity contribution < 1.29 is 19.5 Å². The Morgan fingerprint density at radius 1 is 0.822 bits per heavy atom. The molecule has 4 rings (SSSR count). The van der Waals surface area contributed by atoms with Gasteiger partial charge in [-0.3, -0.25) is 14.4 Å². The molecule has 0 radical (unpaired) electrons. The van der Waals surface area contributed by atoms with Crippen LogP contribution in [0, 0.1) is 57.2 Å². The quantitative estimate of drug-likeness (QED) is 0.133. The summed E-state index contributed by atoms with van der Waals surface area (Å²) in [7, 11) is 0. The van der Waals surface area contributed by atoms with E-state index >= 15 is 0 Å². The first-order valence-electron chi connectivity index (χ1n) is 18.5. The third kappa shape index (κ3) is 6.64. The average molecular weight is 627 g/mol. The van der Waals surface area contributed by atoms with Crippen molar-refractivity contribution in [3.05, 3.63) is 12.2 Å². The van der Waals surface area contributed by atoms with Crippen molar-refractivity contribution in [2.45, 2.75) is 145 Å². The van der Waals surface area contributed by atoms with Gasteiger partial charge in [-0.15, -0.1) is 0 Å². The van der Waals surface area contributed by atoms with Gasteiger partial charge in [0.25, 0.3) is 0 Å². The van der Waals surface area contributed by atoms with Crippen LogP contribution in [0.15, 0.2) is 12.2 Å². The highest BCUT2D eigenvalue weighted by Crippen LogP contribution is 2.76. The number of amides is 2. The fourth-order valence-corrected chi connectivity index (χ4v) is 12.1. The Balaban J connectivity index is 1.51. The molecule has 0 spiro atoms. The van der Waals surface area contributed by atoms with Gasteiger partial charge < -0.3 is 15.7 Å². The summed E-state index contributed by atoms with van der Waals surface area (Å²) in [6, 6.07) is 0. The minimum atomic E-state index is -0.690. The molecule has 4 aliphatic rings. The number of carbonyl (C=O) groups excluding carboxylic acids is 2. The molecule has 3 N–H and O–H groups in total. The molecule has 4 fully saturated rings. The van der Waals surface area contributed by atoms with Crippen LogP contribution < -0.4 is 10.6 Å². The summed E-state index contributed by atoms with van der Waals surface area (Å²) in [5.74, 6) is 2.61. The van der Waals surface area contributed by atoms with Crippen LogP contribution in [-0.4, -0.2) is 36.0 Å². The van der Waals surface area contributed by atoms with Crippen LogP contribution in [0.4, 0.5) is 0 Å². The maximum Gasteiger partial charge on any atom is 0.303 e. The largest absolute Gasteiger partial charge is 0.481 e. The topological polar surface area (TPSA) is 95.5 Å². The fourth-order valence-electron chi connectivity index (χ4n) is 12.1. The van der Waals surface area contributed by atoms with Crippen LogP contribution in [0.5, 0.6) is 0 Å². The van der Waals surface area contributed by atoms with Crippen molar-refractivity contribution in [1.82, 2.24) is 10.6 Å². The number of aliphatic carboxylic acids is 1. The van der Waals surface area contributed by atoms with Gasteiger partial charge in [0.15, 0.2) is 0 Å². The van der Waals surface area contributed by atoms with E-state index in [-0.39, 0.29) is 34.0 Å². The van der Waals surface area contributed by atoms with Crippen molar-refractivity contribution in [2.75, 3.05) is 13.1 Å². The molecule has 9 atom stereocenters. The van der Waals surface area contributed by atoms with Gasteiger partial charge in [0, 0.05) is 26.4 Å². The van der Waals surface area contributed by atoms with Gasteiger partial charge in [-0.05, 0) is 129 Å². The number of hydrogen-bond donors (Lipinski definition) is 3. The fraction of sp³-hybridized carbons (Fsp3) is 0.872. The van der Waals surface area contributed by atoms with Gasteiger partial charge in [0.05, 0.1) is 5.41 Å². The summed E-state index contributed by atoms with van der Waals surface area (Å²) in [5, 5.41) is 16.1. The smallest absolute Gasteiger partial charge is 0.303 e. The number of carboxylic acid groups (broad SMARTS) is 1. The van der Waals surface area contributed by atoms with Gasteiger partial charge in [0.1, 0.15) is 0 Å². The third-order valence-corrected chi connectivity index (χ3v) is 14.5. The Labute approximate surface area is 274 Å². The molecular weight excluding hydrogens is 560 g/mol. The molecule has 6 heteroatoms. The molecule has 6 nitrogen and oxygen atoms in total. The number of fused-ring (bicyclic) bond motifs is 5. The number of nitrogens with one attached hydrogen (secondary N) is 2. The Kier molecular flexibility index (Phi) is 11.3. The molecule has 0 heterocycles. The van der Waals surface area contributed by atoms with E-state index in [0.29, 0.717) is 41.4 Å². The van der Waals surface area contributed by atoms with Gasteiger partial charge >= 0.3 is 5.97 Å². The van der Waals surface area contributed by atoms with Crippen molar-refractivity contribution in [3.63, 3.8) is 0 Å². The highest BCUT2D eigenvalue weighted by atomic mass is 16.4. The Morgan fingerprint density at radius 3 is 2.07 bits per heavy atom. The van der Waals surface area contributed by atoms with Crippen LogP contribution in [0.1, 0.15) is 145 Å². The first-order valence-corrected chi connectivity index (χ1v) is 18.5. The summed E-state index contributed by atoms with van der Waals surface area (Å²) in [5.41, 5.74) is 1.18. The zero-order chi connectivity index (χ0) is 33.2. The van der Waals surface area contributed by atoms with E-state index in [1.165, 1.54) is 12.0 Å². The number of carbonyl (C=O) groups is 3. The summed E-state index contributed by atoms with van der Waals surface area (Å²) in [6.07, 6.45) is 15.2. The molecule has 256 valence electrons. The third-order valence-electron chi connectivity index (χ3n) is 14.5. The molecule has 0 bridgehead atoms. The molecule has 0 saturated heterocycles. The van der Waals surface area contributed by atoms with Crippen molar-refractivity contribution >= 4 is 17.8 Å². The van der Waals surface area contributed by atoms with Crippen LogP contribution in [0.25, 0.3) is 0 Å². The summed E-state index contributed by atoms with van der Waals surface area (Å²) in [6.45, 7) is 22.0. The van der Waals surface area contributed by atoms with Crippen molar-refractivity contribution in [1.29, 1.82) is 0 Å². The molecule has 4 saturated carbocycles. The lowest BCUT2D eigenvalue weighted by Gasteiger charge is -2.71. The summed E-state index contributed by atoms with van der Waals surface area (Å²) < 4.78 is 0. The molecule has 0 aromatic carbocycles. The van der Waals surface area contributed by atoms with E-state index in [0.717, 1.165) is 96.6 Å². The standard InChI is InChI=1S/C39H66N2O4/c1-26(2)29-16-21-39(35(45)41-25-13-11-9-10-12-24-40-28(5)42)23-22-37(7)31(34(29)39)14-15-32-36(6,19-18-33(43)44)30(27(3)4)17-20-38(32,37)8/h26,29-32,34H,3,9-25H2,1-2,4-8H3,(H,40,42)(H,41,45)(H,43,44)/t29-,30-,31+,32+,34+,36-,37+,38+,39-/m0/s1. The van der Waals surface area contributed by atoms with Crippen molar-refractivity contribution in [2.24, 2.45) is 57.2 Å². The number of hydrogen-bond acceptors (Lipinski definition) is 3. The average Bonchev–Trinajstić information content (AvgIpc) is 3.37. The Bertz CT molecular complexity index is 1100. The molecule has 4 aliphatic carbocycles. The number of unbranched alkanes of at least 4 members (excludes halogenated alkanes) is 4. The molecule has 2 amide bonds. The molecule has 45 heavy (non-hydrogen) atoms. The second kappa shape index (κ2) is 14.1. The van der Waals surface area contributed by atoms with Crippen LogP contribution in [-0.2, 0) is 14.4 Å². The number of carboxylic acids is 1. The lowest BCUT2D eigenvalue weighted by atomic mass is 9.34. The monoisotopic (exact) mass is 627 g/mol. The number of allylic oxidation sites excluding steroid dienone is 1. The highest BCUT2D eigenvalue weighted by Gasteiger charge is 2.70. The van der Waals surface area contributed by atoms with E-state index in [9.17, 15) is 19.5 Å². The summed E-state index contributed by atoms with van der Waals surface area (Å²) in [4.78, 5) is 37.2. The van der Waals surface area contributed by atoms with Crippen LogP contribution >= 0.6 is 0 Å². The lowest BCUT2D eigenvalue weighted by Crippen LogP contribution is -2.65. The SMILES string of the molecule is C=C(C)[C@@H]1CC[C@]2(C)[C@H](CC[C@@H]3[C@H]4[C@H](C(C)C)CC[C@]4(C(=O)NCCCCCCCNC(C)=O)CC[C@]32C)[C@@]1(C)CCC(=O)O. The molecule has 0 aromatic heterocycles. The predicted octanol–water partition coefficient (Wildman–Crippen LogP) is 8.55. The minimum absolute atomic E-state index is 0.0385. The maximum absolute atomic E-state index is 14.3. The van der Waals surface area contributed by atoms with Crippen molar-refractivity contribution in [3.8, 4) is 0 Å². The number of rotatable bonds is 14. The van der Waals surface area contributed by atoms with Crippen LogP contribution in [0.3, 0.4) is 0 Å². The van der Waals surface area contributed by atoms with Gasteiger partial charge in [0.2, 0.25) is 11.8 Å². The van der Waals surface area contributed by atoms with Gasteiger partial charge in [-0.2, -0.15) is 0 Å². The Hall–Kier alpha value is -1.85. The first-order chi connectivity index (χ1) is 21.1. The van der Waals surface area contributed by atoms with E-state index in [1.807, 2.05) is 0 Å². The zero-order valence-electron chi connectivity index (χ0n) is 29.9.